The van der Waals surface area contributed by atoms with Gasteiger partial charge in [0.25, 0.3) is 0 Å². The van der Waals surface area contributed by atoms with E-state index in [1.165, 1.54) is 0 Å². The molecule has 3 N–H and O–H groups in total. The number of carboxylic acid groups (broad SMARTS) is 1. The van der Waals surface area contributed by atoms with Gasteiger partial charge in [-0.2, -0.15) is 0 Å². The standard InChI is InChI=1S/C15H15NO3/c16-15(14(19)11-6-2-1-3-7-11)9-5-4-8-12(15)10-13(17)18/h1-9,12H,10,16H2,(H,17,18). The molecule has 2 atom stereocenters. The van der Waals surface area contributed by atoms with Crippen molar-refractivity contribution in [1.82, 2.24) is 0 Å². The first kappa shape index (κ1) is 13.2. The van der Waals surface area contributed by atoms with Gasteiger partial charge < -0.3 is 10.8 Å². The molecule has 1 aliphatic carbocycles. The topological polar surface area (TPSA) is 80.4 Å². The molecule has 0 aliphatic heterocycles. The van der Waals surface area contributed by atoms with Crippen molar-refractivity contribution >= 4 is 11.8 Å². The average molecular weight is 257 g/mol. The highest BCUT2D eigenvalue weighted by atomic mass is 16.4. The first-order valence-electron chi connectivity index (χ1n) is 6.00. The van der Waals surface area contributed by atoms with E-state index in [1.807, 2.05) is 6.07 Å². The summed E-state index contributed by atoms with van der Waals surface area (Å²) in [5, 5.41) is 8.93. The molecule has 19 heavy (non-hydrogen) atoms. The molecule has 2 unspecified atom stereocenters. The molecule has 0 amide bonds. The molecule has 0 heterocycles. The lowest BCUT2D eigenvalue weighted by Crippen LogP contribution is -2.53. The Morgan fingerprint density at radius 2 is 1.89 bits per heavy atom. The van der Waals surface area contributed by atoms with Crippen molar-refractivity contribution in [3.8, 4) is 0 Å². The minimum Gasteiger partial charge on any atom is -0.481 e. The Kier molecular flexibility index (Phi) is 3.62. The van der Waals surface area contributed by atoms with Gasteiger partial charge in [-0.1, -0.05) is 54.6 Å². The summed E-state index contributed by atoms with van der Waals surface area (Å²) in [5.41, 5.74) is 5.37. The van der Waals surface area contributed by atoms with Crippen LogP contribution in [0.15, 0.2) is 54.6 Å². The zero-order valence-electron chi connectivity index (χ0n) is 10.3. The maximum absolute atomic E-state index is 12.5. The highest BCUT2D eigenvalue weighted by molar-refractivity contribution is 6.05. The van der Waals surface area contributed by atoms with Crippen LogP contribution in [-0.4, -0.2) is 22.4 Å². The average Bonchev–Trinajstić information content (AvgIpc) is 2.41. The van der Waals surface area contributed by atoms with Gasteiger partial charge in [0, 0.05) is 11.5 Å². The number of Topliss-reactive ketones (excluding diaryl/α,β-unsaturated/α-hetero) is 1. The van der Waals surface area contributed by atoms with E-state index in [9.17, 15) is 9.59 Å². The molecule has 1 aromatic carbocycles. The molecule has 0 bridgehead atoms. The number of carbonyl (C=O) groups excluding carboxylic acids is 1. The fourth-order valence-corrected chi connectivity index (χ4v) is 2.20. The summed E-state index contributed by atoms with van der Waals surface area (Å²) in [6.45, 7) is 0. The van der Waals surface area contributed by atoms with Crippen LogP contribution in [-0.2, 0) is 4.79 Å². The zero-order chi connectivity index (χ0) is 13.9. The van der Waals surface area contributed by atoms with Crippen LogP contribution in [0.2, 0.25) is 0 Å². The summed E-state index contributed by atoms with van der Waals surface area (Å²) in [4.78, 5) is 23.4. The summed E-state index contributed by atoms with van der Waals surface area (Å²) in [5.74, 6) is -1.77. The summed E-state index contributed by atoms with van der Waals surface area (Å²) in [7, 11) is 0. The molecule has 1 aliphatic rings. The Hall–Kier alpha value is -2.20. The van der Waals surface area contributed by atoms with Gasteiger partial charge in [0.15, 0.2) is 5.78 Å². The van der Waals surface area contributed by atoms with Gasteiger partial charge in [-0.05, 0) is 0 Å². The molecule has 0 spiro atoms. The lowest BCUT2D eigenvalue weighted by molar-refractivity contribution is -0.138. The normalized spacial score (nSPS) is 25.2. The van der Waals surface area contributed by atoms with E-state index in [0.717, 1.165) is 0 Å². The molecule has 0 saturated carbocycles. The van der Waals surface area contributed by atoms with Crippen LogP contribution in [0.3, 0.4) is 0 Å². The fraction of sp³-hybridized carbons (Fsp3) is 0.200. The Morgan fingerprint density at radius 1 is 1.21 bits per heavy atom. The summed E-state index contributed by atoms with van der Waals surface area (Å²) in [6.07, 6.45) is 6.48. The van der Waals surface area contributed by atoms with Crippen LogP contribution >= 0.6 is 0 Å². The number of benzene rings is 1. The van der Waals surface area contributed by atoms with Crippen molar-refractivity contribution in [2.75, 3.05) is 0 Å². The monoisotopic (exact) mass is 257 g/mol. The van der Waals surface area contributed by atoms with E-state index < -0.39 is 17.4 Å². The molecule has 0 radical (unpaired) electrons. The van der Waals surface area contributed by atoms with Crippen molar-refractivity contribution in [1.29, 1.82) is 0 Å². The minimum atomic E-state index is -1.30. The van der Waals surface area contributed by atoms with Crippen LogP contribution in [0.25, 0.3) is 0 Å². The number of hydrogen-bond acceptors (Lipinski definition) is 3. The lowest BCUT2D eigenvalue weighted by Gasteiger charge is -2.32. The van der Waals surface area contributed by atoms with Crippen molar-refractivity contribution in [3.05, 3.63) is 60.2 Å². The Morgan fingerprint density at radius 3 is 2.53 bits per heavy atom. The molecular formula is C15H15NO3. The number of rotatable bonds is 4. The largest absolute Gasteiger partial charge is 0.481 e. The maximum Gasteiger partial charge on any atom is 0.304 e. The molecule has 2 rings (SSSR count). The number of nitrogens with two attached hydrogens (primary N) is 1. The highest BCUT2D eigenvalue weighted by Crippen LogP contribution is 2.28. The van der Waals surface area contributed by atoms with Crippen LogP contribution in [0.5, 0.6) is 0 Å². The predicted molar refractivity (Wildman–Crippen MR) is 71.7 cm³/mol. The number of carbonyl (C=O) groups is 2. The first-order chi connectivity index (χ1) is 9.04. The number of allylic oxidation sites excluding steroid dienone is 2. The van der Waals surface area contributed by atoms with Crippen molar-refractivity contribution in [2.24, 2.45) is 11.7 Å². The Labute approximate surface area is 111 Å². The quantitative estimate of drug-likeness (QED) is 0.806. The highest BCUT2D eigenvalue weighted by Gasteiger charge is 2.40. The van der Waals surface area contributed by atoms with E-state index in [4.69, 9.17) is 10.8 Å². The molecule has 4 heteroatoms. The van der Waals surface area contributed by atoms with E-state index in [0.29, 0.717) is 5.56 Å². The second-order valence-electron chi connectivity index (χ2n) is 4.58. The fourth-order valence-electron chi connectivity index (χ4n) is 2.20. The second kappa shape index (κ2) is 5.20. The van der Waals surface area contributed by atoms with Crippen LogP contribution in [0, 0.1) is 5.92 Å². The second-order valence-corrected chi connectivity index (χ2v) is 4.58. The Balaban J connectivity index is 2.34. The van der Waals surface area contributed by atoms with Crippen molar-refractivity contribution < 1.29 is 14.7 Å². The van der Waals surface area contributed by atoms with Gasteiger partial charge in [0.05, 0.1) is 6.42 Å². The van der Waals surface area contributed by atoms with Gasteiger partial charge in [0.2, 0.25) is 0 Å². The molecule has 0 fully saturated rings. The summed E-state index contributed by atoms with van der Waals surface area (Å²) in [6, 6.07) is 8.68. The minimum absolute atomic E-state index is 0.171. The third-order valence-electron chi connectivity index (χ3n) is 3.26. The molecule has 1 aromatic rings. The molecular weight excluding hydrogens is 242 g/mol. The van der Waals surface area contributed by atoms with Gasteiger partial charge in [0.1, 0.15) is 5.54 Å². The molecule has 0 saturated heterocycles. The summed E-state index contributed by atoms with van der Waals surface area (Å²) >= 11 is 0. The molecule has 98 valence electrons. The summed E-state index contributed by atoms with van der Waals surface area (Å²) < 4.78 is 0. The van der Waals surface area contributed by atoms with Gasteiger partial charge in [-0.3, -0.25) is 9.59 Å². The van der Waals surface area contributed by atoms with Crippen LogP contribution in [0.1, 0.15) is 16.8 Å². The lowest BCUT2D eigenvalue weighted by atomic mass is 9.74. The van der Waals surface area contributed by atoms with Crippen molar-refractivity contribution in [2.45, 2.75) is 12.0 Å². The van der Waals surface area contributed by atoms with Gasteiger partial charge in [-0.15, -0.1) is 0 Å². The van der Waals surface area contributed by atoms with Crippen LogP contribution in [0.4, 0.5) is 0 Å². The third-order valence-corrected chi connectivity index (χ3v) is 3.26. The van der Waals surface area contributed by atoms with E-state index in [2.05, 4.69) is 0 Å². The first-order valence-corrected chi connectivity index (χ1v) is 6.00. The third kappa shape index (κ3) is 2.63. The number of hydrogen-bond donors (Lipinski definition) is 2. The van der Waals surface area contributed by atoms with E-state index >= 15 is 0 Å². The van der Waals surface area contributed by atoms with Gasteiger partial charge >= 0.3 is 5.97 Å². The number of aliphatic carboxylic acids is 1. The predicted octanol–water partition coefficient (Wildman–Crippen LogP) is 1.78. The van der Waals surface area contributed by atoms with Gasteiger partial charge in [-0.25, -0.2) is 0 Å². The van der Waals surface area contributed by atoms with Crippen molar-refractivity contribution in [3.63, 3.8) is 0 Å². The Bertz CT molecular complexity index is 548. The number of ketones is 1. The molecule has 4 nitrogen and oxygen atoms in total. The van der Waals surface area contributed by atoms with E-state index in [-0.39, 0.29) is 12.2 Å². The molecule has 0 aromatic heterocycles. The van der Waals surface area contributed by atoms with E-state index in [1.54, 1.807) is 48.6 Å². The smallest absolute Gasteiger partial charge is 0.304 e. The maximum atomic E-state index is 12.5. The number of carboxylic acids is 1. The zero-order valence-corrected chi connectivity index (χ0v) is 10.3. The van der Waals surface area contributed by atoms with Crippen LogP contribution < -0.4 is 5.73 Å². The SMILES string of the molecule is NC1(C(=O)c2ccccc2)C=CC=CC1CC(=O)O.